The average molecular weight is 355 g/mol. The molecule has 0 aromatic heterocycles. The Labute approximate surface area is 158 Å². The largest absolute Gasteiger partial charge is 0.466 e. The van der Waals surface area contributed by atoms with E-state index < -0.39 is 0 Å². The summed E-state index contributed by atoms with van der Waals surface area (Å²) < 4.78 is 5.33. The van der Waals surface area contributed by atoms with Crippen molar-refractivity contribution in [1.82, 2.24) is 0 Å². The van der Waals surface area contributed by atoms with E-state index in [1.807, 2.05) is 0 Å². The maximum Gasteiger partial charge on any atom is 0.305 e. The number of hydrogen-bond acceptors (Lipinski definition) is 2. The highest BCUT2D eigenvalue weighted by atomic mass is 16.5. The van der Waals surface area contributed by atoms with Crippen LogP contribution >= 0.6 is 0 Å². The molecule has 0 N–H and O–H groups in total. The Kier molecular flexibility index (Phi) is 19.4. The van der Waals surface area contributed by atoms with Gasteiger partial charge in [-0.2, -0.15) is 0 Å². The fourth-order valence-corrected chi connectivity index (χ4v) is 3.20. The molecule has 150 valence electrons. The molecule has 2 heteroatoms. The topological polar surface area (TPSA) is 26.3 Å². The van der Waals surface area contributed by atoms with Gasteiger partial charge in [0.05, 0.1) is 6.61 Å². The van der Waals surface area contributed by atoms with Crippen molar-refractivity contribution < 1.29 is 9.53 Å². The fraction of sp³-hybridized carbons (Fsp3) is 0.957. The number of ether oxygens (including phenoxy) is 1. The summed E-state index contributed by atoms with van der Waals surface area (Å²) in [5, 5.41) is 0. The van der Waals surface area contributed by atoms with Gasteiger partial charge >= 0.3 is 5.97 Å². The fourth-order valence-electron chi connectivity index (χ4n) is 3.20. The molecule has 0 amide bonds. The predicted octanol–water partition coefficient (Wildman–Crippen LogP) is 7.84. The molecule has 0 saturated carbocycles. The molecule has 0 atom stereocenters. The minimum atomic E-state index is 0.0138. The average Bonchev–Trinajstić information content (AvgIpc) is 2.58. The van der Waals surface area contributed by atoms with E-state index in [4.69, 9.17) is 4.74 Å². The SMILES string of the molecule is CCCCCCCCCCOC(=O)CCCCCCCCCC(C)C. The minimum Gasteiger partial charge on any atom is -0.466 e. The van der Waals surface area contributed by atoms with E-state index in [1.165, 1.54) is 89.9 Å². The van der Waals surface area contributed by atoms with Crippen LogP contribution in [-0.2, 0) is 9.53 Å². The number of carbonyl (C=O) groups is 1. The lowest BCUT2D eigenvalue weighted by molar-refractivity contribution is -0.143. The van der Waals surface area contributed by atoms with Crippen molar-refractivity contribution >= 4 is 5.97 Å². The molecule has 0 aromatic rings. The lowest BCUT2D eigenvalue weighted by atomic mass is 10.0. The summed E-state index contributed by atoms with van der Waals surface area (Å²) in [5.74, 6) is 0.858. The summed E-state index contributed by atoms with van der Waals surface area (Å²) in [6.07, 6.45) is 21.2. The molecule has 0 radical (unpaired) electrons. The molecule has 0 unspecified atom stereocenters. The zero-order valence-corrected chi connectivity index (χ0v) is 17.6. The van der Waals surface area contributed by atoms with Crippen LogP contribution in [0.2, 0.25) is 0 Å². The first-order valence-corrected chi connectivity index (χ1v) is 11.3. The lowest BCUT2D eigenvalue weighted by Crippen LogP contribution is -2.05. The summed E-state index contributed by atoms with van der Waals surface area (Å²) in [4.78, 5) is 11.7. The van der Waals surface area contributed by atoms with E-state index >= 15 is 0 Å². The highest BCUT2D eigenvalue weighted by molar-refractivity contribution is 5.69. The van der Waals surface area contributed by atoms with Crippen molar-refractivity contribution in [2.45, 2.75) is 130 Å². The van der Waals surface area contributed by atoms with E-state index in [0.29, 0.717) is 13.0 Å². The molecular weight excluding hydrogens is 308 g/mol. The Hall–Kier alpha value is -0.530. The Bertz CT molecular complexity index is 273. The predicted molar refractivity (Wildman–Crippen MR) is 110 cm³/mol. The summed E-state index contributed by atoms with van der Waals surface area (Å²) in [7, 11) is 0. The quantitative estimate of drug-likeness (QED) is 0.174. The van der Waals surface area contributed by atoms with Crippen LogP contribution in [0.3, 0.4) is 0 Å². The molecule has 0 aliphatic rings. The third kappa shape index (κ3) is 21.4. The standard InChI is InChI=1S/C23H46O2/c1-4-5-6-7-8-12-15-18-21-25-23(24)20-17-14-11-9-10-13-16-19-22(2)3/h22H,4-21H2,1-3H3. The van der Waals surface area contributed by atoms with Crippen LogP contribution in [0.15, 0.2) is 0 Å². The number of carbonyl (C=O) groups excluding carboxylic acids is 1. The van der Waals surface area contributed by atoms with Crippen LogP contribution in [0, 0.1) is 5.92 Å². The Morgan fingerprint density at radius 2 is 1.16 bits per heavy atom. The normalized spacial score (nSPS) is 11.2. The summed E-state index contributed by atoms with van der Waals surface area (Å²) in [6, 6.07) is 0. The first kappa shape index (κ1) is 24.5. The summed E-state index contributed by atoms with van der Waals surface area (Å²) >= 11 is 0. The second-order valence-corrected chi connectivity index (χ2v) is 8.10. The molecule has 25 heavy (non-hydrogen) atoms. The van der Waals surface area contributed by atoms with Gasteiger partial charge < -0.3 is 4.74 Å². The molecule has 0 rings (SSSR count). The van der Waals surface area contributed by atoms with E-state index in [0.717, 1.165) is 18.8 Å². The molecule has 0 bridgehead atoms. The highest BCUT2D eigenvalue weighted by Gasteiger charge is 2.02. The molecule has 0 aliphatic heterocycles. The van der Waals surface area contributed by atoms with Crippen LogP contribution < -0.4 is 0 Å². The van der Waals surface area contributed by atoms with Crippen molar-refractivity contribution in [3.63, 3.8) is 0 Å². The van der Waals surface area contributed by atoms with Crippen molar-refractivity contribution in [3.05, 3.63) is 0 Å². The van der Waals surface area contributed by atoms with Crippen molar-refractivity contribution in [2.24, 2.45) is 5.92 Å². The van der Waals surface area contributed by atoms with Gasteiger partial charge in [-0.15, -0.1) is 0 Å². The van der Waals surface area contributed by atoms with Crippen LogP contribution in [-0.4, -0.2) is 12.6 Å². The van der Waals surface area contributed by atoms with E-state index in [-0.39, 0.29) is 5.97 Å². The van der Waals surface area contributed by atoms with Crippen LogP contribution in [0.5, 0.6) is 0 Å². The van der Waals surface area contributed by atoms with Gasteiger partial charge in [0.25, 0.3) is 0 Å². The molecule has 0 fully saturated rings. The zero-order valence-electron chi connectivity index (χ0n) is 17.6. The van der Waals surface area contributed by atoms with Gasteiger partial charge in [0.15, 0.2) is 0 Å². The maximum atomic E-state index is 11.7. The van der Waals surface area contributed by atoms with Crippen LogP contribution in [0.25, 0.3) is 0 Å². The van der Waals surface area contributed by atoms with E-state index in [2.05, 4.69) is 20.8 Å². The van der Waals surface area contributed by atoms with Gasteiger partial charge in [-0.3, -0.25) is 4.79 Å². The second kappa shape index (κ2) is 19.8. The minimum absolute atomic E-state index is 0.0138. The number of hydrogen-bond donors (Lipinski definition) is 0. The smallest absolute Gasteiger partial charge is 0.305 e. The van der Waals surface area contributed by atoms with Crippen molar-refractivity contribution in [2.75, 3.05) is 6.61 Å². The highest BCUT2D eigenvalue weighted by Crippen LogP contribution is 2.13. The van der Waals surface area contributed by atoms with Crippen LogP contribution in [0.4, 0.5) is 0 Å². The zero-order chi connectivity index (χ0) is 18.6. The summed E-state index contributed by atoms with van der Waals surface area (Å²) in [5.41, 5.74) is 0. The summed E-state index contributed by atoms with van der Waals surface area (Å²) in [6.45, 7) is 7.48. The van der Waals surface area contributed by atoms with Gasteiger partial charge in [-0.05, 0) is 18.8 Å². The molecule has 2 nitrogen and oxygen atoms in total. The second-order valence-electron chi connectivity index (χ2n) is 8.10. The number of rotatable bonds is 19. The molecule has 0 spiro atoms. The molecule has 0 heterocycles. The number of esters is 1. The first-order chi connectivity index (χ1) is 12.2. The maximum absolute atomic E-state index is 11.7. The Morgan fingerprint density at radius 1 is 0.680 bits per heavy atom. The van der Waals surface area contributed by atoms with Gasteiger partial charge in [0, 0.05) is 6.42 Å². The number of unbranched alkanes of at least 4 members (excludes halogenated alkanes) is 13. The third-order valence-electron chi connectivity index (χ3n) is 4.92. The Morgan fingerprint density at radius 3 is 1.72 bits per heavy atom. The third-order valence-corrected chi connectivity index (χ3v) is 4.92. The molecule has 0 saturated heterocycles. The molecule has 0 aliphatic carbocycles. The van der Waals surface area contributed by atoms with Crippen molar-refractivity contribution in [1.29, 1.82) is 0 Å². The van der Waals surface area contributed by atoms with Gasteiger partial charge in [-0.25, -0.2) is 0 Å². The van der Waals surface area contributed by atoms with Gasteiger partial charge in [0.2, 0.25) is 0 Å². The van der Waals surface area contributed by atoms with E-state index in [9.17, 15) is 4.79 Å². The van der Waals surface area contributed by atoms with E-state index in [1.54, 1.807) is 0 Å². The lowest BCUT2D eigenvalue weighted by Gasteiger charge is -2.06. The first-order valence-electron chi connectivity index (χ1n) is 11.3. The van der Waals surface area contributed by atoms with Gasteiger partial charge in [0.1, 0.15) is 0 Å². The molecule has 0 aromatic carbocycles. The molecular formula is C23H46O2. The van der Waals surface area contributed by atoms with Gasteiger partial charge in [-0.1, -0.05) is 111 Å². The van der Waals surface area contributed by atoms with Crippen LogP contribution in [0.1, 0.15) is 130 Å². The monoisotopic (exact) mass is 354 g/mol. The van der Waals surface area contributed by atoms with Crippen molar-refractivity contribution in [3.8, 4) is 0 Å². The Balaban J connectivity index is 3.16.